The smallest absolute Gasteiger partial charge is 0.141 e. The van der Waals surface area contributed by atoms with Crippen LogP contribution in [0.1, 0.15) is 26.7 Å². The molecule has 2 heterocycles. The lowest BCUT2D eigenvalue weighted by Crippen LogP contribution is -2.41. The maximum atomic E-state index is 12.9. The van der Waals surface area contributed by atoms with Gasteiger partial charge in [0.1, 0.15) is 11.6 Å². The van der Waals surface area contributed by atoms with Crippen LogP contribution in [0.5, 0.6) is 0 Å². The van der Waals surface area contributed by atoms with E-state index in [4.69, 9.17) is 0 Å². The van der Waals surface area contributed by atoms with Crippen LogP contribution in [0.3, 0.4) is 0 Å². The summed E-state index contributed by atoms with van der Waals surface area (Å²) in [4.78, 5) is 6.46. The summed E-state index contributed by atoms with van der Waals surface area (Å²) in [5, 5.41) is 3.43. The molecule has 0 aliphatic carbocycles. The summed E-state index contributed by atoms with van der Waals surface area (Å²) >= 11 is 0. The van der Waals surface area contributed by atoms with Crippen LogP contribution < -0.4 is 10.2 Å². The number of aromatic nitrogens is 1. The highest BCUT2D eigenvalue weighted by atomic mass is 19.1. The van der Waals surface area contributed by atoms with Crippen LogP contribution in [-0.2, 0) is 0 Å². The van der Waals surface area contributed by atoms with E-state index in [9.17, 15) is 4.39 Å². The number of anilines is 1. The van der Waals surface area contributed by atoms with Crippen molar-refractivity contribution in [3.63, 3.8) is 0 Å². The van der Waals surface area contributed by atoms with Crippen LogP contribution in [0, 0.1) is 11.7 Å². The number of hydrogen-bond donors (Lipinski definition) is 1. The topological polar surface area (TPSA) is 28.2 Å². The molecule has 1 aliphatic heterocycles. The largest absolute Gasteiger partial charge is 0.354 e. The molecule has 0 aromatic carbocycles. The van der Waals surface area contributed by atoms with Crippen molar-refractivity contribution < 1.29 is 4.39 Å². The molecule has 1 aromatic heterocycles. The van der Waals surface area contributed by atoms with Gasteiger partial charge in [0.25, 0.3) is 0 Å². The number of nitrogens with one attached hydrogen (secondary N) is 1. The first-order valence-corrected chi connectivity index (χ1v) is 6.75. The highest BCUT2D eigenvalue weighted by molar-refractivity contribution is 5.39. The van der Waals surface area contributed by atoms with Crippen LogP contribution in [0.4, 0.5) is 10.2 Å². The summed E-state index contributed by atoms with van der Waals surface area (Å²) in [7, 11) is 0. The lowest BCUT2D eigenvalue weighted by Gasteiger charge is -2.33. The molecule has 100 valence electrons. The predicted molar refractivity (Wildman–Crippen MR) is 72.3 cm³/mol. The van der Waals surface area contributed by atoms with Gasteiger partial charge in [-0.2, -0.15) is 0 Å². The minimum Gasteiger partial charge on any atom is -0.354 e. The molecule has 0 amide bonds. The average Bonchev–Trinajstić information content (AvgIpc) is 2.38. The average molecular weight is 251 g/mol. The zero-order valence-corrected chi connectivity index (χ0v) is 11.2. The van der Waals surface area contributed by atoms with E-state index in [1.54, 1.807) is 6.07 Å². The molecule has 1 saturated heterocycles. The number of piperidine rings is 1. The molecule has 1 fully saturated rings. The van der Waals surface area contributed by atoms with Crippen molar-refractivity contribution in [3.8, 4) is 0 Å². The number of rotatable bonds is 4. The lowest BCUT2D eigenvalue weighted by atomic mass is 9.98. The zero-order valence-electron chi connectivity index (χ0n) is 11.2. The molecule has 0 radical (unpaired) electrons. The number of nitrogens with zero attached hydrogens (tertiary/aromatic N) is 2. The van der Waals surface area contributed by atoms with Crippen LogP contribution >= 0.6 is 0 Å². The first-order chi connectivity index (χ1) is 8.66. The Morgan fingerprint density at radius 1 is 1.50 bits per heavy atom. The molecule has 4 heteroatoms. The molecule has 2 rings (SSSR count). The summed E-state index contributed by atoms with van der Waals surface area (Å²) in [6.45, 7) is 7.50. The van der Waals surface area contributed by atoms with Crippen molar-refractivity contribution >= 4 is 5.82 Å². The van der Waals surface area contributed by atoms with Gasteiger partial charge >= 0.3 is 0 Å². The Kier molecular flexibility index (Phi) is 4.53. The standard InChI is InChI=1S/C14H22FN3/c1-11(2)18(10-12-4-3-7-16-8-12)14-6-5-13(15)9-17-14/h5-6,9,11-12,16H,3-4,7-8,10H2,1-2H3. The molecule has 1 N–H and O–H groups in total. The second kappa shape index (κ2) is 6.14. The molecule has 0 saturated carbocycles. The van der Waals surface area contributed by atoms with Crippen molar-refractivity contribution in [2.75, 3.05) is 24.5 Å². The molecule has 1 unspecified atom stereocenters. The quantitative estimate of drug-likeness (QED) is 0.891. The highest BCUT2D eigenvalue weighted by Gasteiger charge is 2.19. The molecule has 1 aromatic rings. The Morgan fingerprint density at radius 3 is 2.89 bits per heavy atom. The van der Waals surface area contributed by atoms with Crippen molar-refractivity contribution in [1.82, 2.24) is 10.3 Å². The van der Waals surface area contributed by atoms with Gasteiger partial charge in [-0.15, -0.1) is 0 Å². The maximum absolute atomic E-state index is 12.9. The second-order valence-corrected chi connectivity index (χ2v) is 5.29. The van der Waals surface area contributed by atoms with Crippen LogP contribution in [0.25, 0.3) is 0 Å². The third-order valence-electron chi connectivity index (χ3n) is 3.48. The van der Waals surface area contributed by atoms with E-state index in [0.717, 1.165) is 25.5 Å². The number of pyridine rings is 1. The van der Waals surface area contributed by atoms with Gasteiger partial charge in [-0.1, -0.05) is 0 Å². The van der Waals surface area contributed by atoms with Gasteiger partial charge in [-0.25, -0.2) is 9.37 Å². The van der Waals surface area contributed by atoms with Gasteiger partial charge in [0, 0.05) is 12.6 Å². The summed E-state index contributed by atoms with van der Waals surface area (Å²) < 4.78 is 12.9. The van der Waals surface area contributed by atoms with Gasteiger partial charge in [0.05, 0.1) is 6.20 Å². The maximum Gasteiger partial charge on any atom is 0.141 e. The van der Waals surface area contributed by atoms with Gasteiger partial charge in [0.15, 0.2) is 0 Å². The third kappa shape index (κ3) is 3.42. The first kappa shape index (κ1) is 13.3. The van der Waals surface area contributed by atoms with E-state index in [2.05, 4.69) is 29.0 Å². The zero-order chi connectivity index (χ0) is 13.0. The fraction of sp³-hybridized carbons (Fsp3) is 0.643. The van der Waals surface area contributed by atoms with E-state index < -0.39 is 0 Å². The van der Waals surface area contributed by atoms with Gasteiger partial charge in [0.2, 0.25) is 0 Å². The Bertz CT molecular complexity index is 358. The fourth-order valence-corrected chi connectivity index (χ4v) is 2.46. The summed E-state index contributed by atoms with van der Waals surface area (Å²) in [5.41, 5.74) is 0. The minimum atomic E-state index is -0.276. The summed E-state index contributed by atoms with van der Waals surface area (Å²) in [5.74, 6) is 1.26. The van der Waals surface area contributed by atoms with E-state index in [-0.39, 0.29) is 5.82 Å². The van der Waals surface area contributed by atoms with Crippen LogP contribution in [0.15, 0.2) is 18.3 Å². The van der Waals surface area contributed by atoms with Gasteiger partial charge in [-0.05, 0) is 57.8 Å². The number of halogens is 1. The van der Waals surface area contributed by atoms with Crippen LogP contribution in [0.2, 0.25) is 0 Å². The molecule has 18 heavy (non-hydrogen) atoms. The third-order valence-corrected chi connectivity index (χ3v) is 3.48. The molecule has 0 spiro atoms. The van der Waals surface area contributed by atoms with E-state index in [1.807, 2.05) is 0 Å². The van der Waals surface area contributed by atoms with E-state index >= 15 is 0 Å². The van der Waals surface area contributed by atoms with Crippen molar-refractivity contribution in [1.29, 1.82) is 0 Å². The fourth-order valence-electron chi connectivity index (χ4n) is 2.46. The minimum absolute atomic E-state index is 0.276. The molecule has 3 nitrogen and oxygen atoms in total. The summed E-state index contributed by atoms with van der Waals surface area (Å²) in [6.07, 6.45) is 3.80. The second-order valence-electron chi connectivity index (χ2n) is 5.29. The van der Waals surface area contributed by atoms with E-state index in [0.29, 0.717) is 12.0 Å². The van der Waals surface area contributed by atoms with Crippen molar-refractivity contribution in [2.24, 2.45) is 5.92 Å². The molecule has 1 atom stereocenters. The first-order valence-electron chi connectivity index (χ1n) is 6.75. The lowest BCUT2D eigenvalue weighted by molar-refractivity contribution is 0.370. The van der Waals surface area contributed by atoms with E-state index in [1.165, 1.54) is 25.1 Å². The van der Waals surface area contributed by atoms with Crippen molar-refractivity contribution in [2.45, 2.75) is 32.7 Å². The molecule has 0 bridgehead atoms. The normalized spacial score (nSPS) is 20.1. The van der Waals surface area contributed by atoms with Gasteiger partial charge in [-0.3, -0.25) is 0 Å². The van der Waals surface area contributed by atoms with Crippen molar-refractivity contribution in [3.05, 3.63) is 24.1 Å². The SMILES string of the molecule is CC(C)N(CC1CCCNC1)c1ccc(F)cn1. The molecular weight excluding hydrogens is 229 g/mol. The Hall–Kier alpha value is -1.16. The Balaban J connectivity index is 2.05. The molecule has 1 aliphatic rings. The molecular formula is C14H22FN3. The summed E-state index contributed by atoms with van der Waals surface area (Å²) in [6, 6.07) is 3.63. The van der Waals surface area contributed by atoms with Gasteiger partial charge < -0.3 is 10.2 Å². The monoisotopic (exact) mass is 251 g/mol. The Morgan fingerprint density at radius 2 is 2.33 bits per heavy atom. The van der Waals surface area contributed by atoms with Crippen LogP contribution in [-0.4, -0.2) is 30.7 Å². The predicted octanol–water partition coefficient (Wildman–Crippen LogP) is 2.44. The Labute approximate surface area is 108 Å². The highest BCUT2D eigenvalue weighted by Crippen LogP contribution is 2.19. The number of hydrogen-bond acceptors (Lipinski definition) is 3.